The van der Waals surface area contributed by atoms with E-state index in [9.17, 15) is 0 Å². The second-order valence-electron chi connectivity index (χ2n) is 37.3. The number of fused-ring (bicyclic) bond motifs is 7. The van der Waals surface area contributed by atoms with Gasteiger partial charge < -0.3 is 9.80 Å². The lowest BCUT2D eigenvalue weighted by Crippen LogP contribution is -2.61. The summed E-state index contributed by atoms with van der Waals surface area (Å²) in [6.07, 6.45) is 0. The molecule has 0 saturated carbocycles. The predicted molar refractivity (Wildman–Crippen MR) is 489 cm³/mol. The van der Waals surface area contributed by atoms with Gasteiger partial charge in [0.15, 0.2) is 0 Å². The van der Waals surface area contributed by atoms with Crippen molar-refractivity contribution in [1.82, 2.24) is 0 Å². The lowest BCUT2D eigenvalue weighted by atomic mass is 9.33. The lowest BCUT2D eigenvalue weighted by molar-refractivity contribution is 0.568. The van der Waals surface area contributed by atoms with Crippen molar-refractivity contribution in [3.05, 3.63) is 390 Å². The van der Waals surface area contributed by atoms with Crippen LogP contribution in [0, 0.1) is 0 Å². The maximum Gasteiger partial charge on any atom is 0.252 e. The number of nitrogens with zero attached hydrogens (tertiary/aromatic N) is 2. The van der Waals surface area contributed by atoms with Crippen LogP contribution in [0.4, 0.5) is 34.1 Å². The van der Waals surface area contributed by atoms with Crippen molar-refractivity contribution in [3.63, 3.8) is 0 Å². The first-order valence-corrected chi connectivity index (χ1v) is 41.0. The molecule has 3 heteroatoms. The molecule has 114 heavy (non-hydrogen) atoms. The summed E-state index contributed by atoms with van der Waals surface area (Å²) in [7, 11) is 0. The van der Waals surface area contributed by atoms with Gasteiger partial charge in [-0.25, -0.2) is 0 Å². The summed E-state index contributed by atoms with van der Waals surface area (Å²) in [6, 6.07) is 131. The molecule has 3 aliphatic rings. The average Bonchev–Trinajstić information content (AvgIpc) is 0.731. The molecule has 0 aromatic heterocycles. The SMILES string of the molecule is CC(C)(C)c1cc(-c2ccc3c(c2)B2c4ccc(-c5cc(C(C)(C)C)cc(C(C)(C)C)c5)cc4N(c4c(-c5ccccc5)cc(C(C)(C)C)cc4-c4ccccc4)c4cc(-c5cccc6c5-c5ccccc5C6(c5ccccc5)c5ccccc5)cc(c42)N3c2cc(-c3ccccc3)cc(-c3ccccc3)c2)cc(C(C)(C)C)c1. The first kappa shape index (κ1) is 73.4. The molecule has 2 nitrogen and oxygen atoms in total. The molecule has 0 saturated heterocycles. The van der Waals surface area contributed by atoms with Crippen LogP contribution in [0.5, 0.6) is 0 Å². The molecule has 18 rings (SSSR count). The summed E-state index contributed by atoms with van der Waals surface area (Å²) in [4.78, 5) is 5.45. The molecule has 1 aliphatic carbocycles. The average molecular weight is 1470 g/mol. The first-order valence-electron chi connectivity index (χ1n) is 41.0. The van der Waals surface area contributed by atoms with Gasteiger partial charge >= 0.3 is 0 Å². The van der Waals surface area contributed by atoms with Crippen molar-refractivity contribution in [1.29, 1.82) is 0 Å². The van der Waals surface area contributed by atoms with Crippen molar-refractivity contribution < 1.29 is 0 Å². The van der Waals surface area contributed by atoms with Crippen molar-refractivity contribution >= 4 is 57.2 Å². The highest BCUT2D eigenvalue weighted by Crippen LogP contribution is 2.60. The third-order valence-electron chi connectivity index (χ3n) is 24.6. The van der Waals surface area contributed by atoms with Gasteiger partial charge in [-0.2, -0.15) is 0 Å². The van der Waals surface area contributed by atoms with Crippen molar-refractivity contribution in [3.8, 4) is 89.0 Å². The first-order chi connectivity index (χ1) is 54.7. The quantitative estimate of drug-likeness (QED) is 0.119. The van der Waals surface area contributed by atoms with Crippen molar-refractivity contribution in [2.24, 2.45) is 0 Å². The monoisotopic (exact) mass is 1470 g/mol. The van der Waals surface area contributed by atoms with E-state index in [-0.39, 0.29) is 33.8 Å². The molecule has 0 bridgehead atoms. The van der Waals surface area contributed by atoms with E-state index in [0.717, 1.165) is 84.2 Å². The Bertz CT molecular complexity index is 5990. The largest absolute Gasteiger partial charge is 0.311 e. The van der Waals surface area contributed by atoms with Crippen molar-refractivity contribution in [2.75, 3.05) is 9.80 Å². The van der Waals surface area contributed by atoms with E-state index in [1.165, 1.54) is 105 Å². The zero-order valence-electron chi connectivity index (χ0n) is 68.8. The van der Waals surface area contributed by atoms with E-state index >= 15 is 0 Å². The third kappa shape index (κ3) is 12.8. The molecular formula is C111H101BN2. The van der Waals surface area contributed by atoms with Crippen LogP contribution >= 0.6 is 0 Å². The number of hydrogen-bond acceptors (Lipinski definition) is 2. The van der Waals surface area contributed by atoms with Crippen molar-refractivity contribution in [2.45, 2.75) is 136 Å². The number of rotatable bonds is 11. The van der Waals surface area contributed by atoms with Gasteiger partial charge in [0.2, 0.25) is 0 Å². The summed E-state index contributed by atoms with van der Waals surface area (Å²) in [5, 5.41) is 0. The van der Waals surface area contributed by atoms with Gasteiger partial charge in [-0.1, -0.05) is 389 Å². The molecule has 15 aromatic rings. The molecule has 0 N–H and O–H groups in total. The molecule has 558 valence electrons. The van der Waals surface area contributed by atoms with E-state index in [2.05, 4.69) is 453 Å². The predicted octanol–water partition coefficient (Wildman–Crippen LogP) is 28.3. The van der Waals surface area contributed by atoms with Gasteiger partial charge in [0, 0.05) is 39.6 Å². The van der Waals surface area contributed by atoms with Gasteiger partial charge in [-0.15, -0.1) is 0 Å². The maximum atomic E-state index is 2.77. The van der Waals surface area contributed by atoms with Crippen LogP contribution < -0.4 is 26.2 Å². The summed E-state index contributed by atoms with van der Waals surface area (Å²) >= 11 is 0. The molecular weight excluding hydrogens is 1370 g/mol. The Balaban J connectivity index is 1.05. The fourth-order valence-corrected chi connectivity index (χ4v) is 18.4. The van der Waals surface area contributed by atoms with Crippen LogP contribution in [0.15, 0.2) is 340 Å². The minimum absolute atomic E-state index is 0.107. The number of anilines is 6. The lowest BCUT2D eigenvalue weighted by Gasteiger charge is -2.46. The molecule has 2 heterocycles. The molecule has 0 radical (unpaired) electrons. The Morgan fingerprint density at radius 1 is 0.228 bits per heavy atom. The van der Waals surface area contributed by atoms with Crippen LogP contribution in [0.3, 0.4) is 0 Å². The molecule has 0 amide bonds. The molecule has 0 unspecified atom stereocenters. The summed E-state index contributed by atoms with van der Waals surface area (Å²) in [6.45, 7) is 35.2. The fraction of sp³-hybridized carbons (Fsp3) is 0.189. The molecule has 2 aliphatic heterocycles. The highest BCUT2D eigenvalue weighted by Gasteiger charge is 2.49. The molecule has 0 spiro atoms. The topological polar surface area (TPSA) is 6.48 Å². The van der Waals surface area contributed by atoms with Gasteiger partial charge in [-0.05, 0) is 226 Å². The second-order valence-corrected chi connectivity index (χ2v) is 37.3. The van der Waals surface area contributed by atoms with Gasteiger partial charge in [0.25, 0.3) is 6.71 Å². The molecule has 0 fully saturated rings. The van der Waals surface area contributed by atoms with Crippen LogP contribution in [0.2, 0.25) is 0 Å². The Hall–Kier alpha value is -12.0. The van der Waals surface area contributed by atoms with E-state index in [1.54, 1.807) is 0 Å². The van der Waals surface area contributed by atoms with Crippen LogP contribution in [-0.2, 0) is 32.5 Å². The highest BCUT2D eigenvalue weighted by molar-refractivity contribution is 7.00. The normalized spacial score (nSPS) is 13.6. The third-order valence-corrected chi connectivity index (χ3v) is 24.6. The minimum atomic E-state index is -0.644. The number of hydrogen-bond donors (Lipinski definition) is 0. The Kier molecular flexibility index (Phi) is 17.8. The number of benzene rings is 15. The molecule has 0 atom stereocenters. The maximum absolute atomic E-state index is 2.77. The van der Waals surface area contributed by atoms with E-state index in [1.807, 2.05) is 0 Å². The smallest absolute Gasteiger partial charge is 0.252 e. The Morgan fingerprint density at radius 2 is 0.605 bits per heavy atom. The summed E-state index contributed by atoms with van der Waals surface area (Å²) in [5.41, 5.74) is 39.5. The Morgan fingerprint density at radius 3 is 1.08 bits per heavy atom. The summed E-state index contributed by atoms with van der Waals surface area (Å²) < 4.78 is 0. The summed E-state index contributed by atoms with van der Waals surface area (Å²) in [5.74, 6) is 0. The fourth-order valence-electron chi connectivity index (χ4n) is 18.4. The second kappa shape index (κ2) is 27.7. The zero-order valence-corrected chi connectivity index (χ0v) is 68.8. The standard InChI is InChI=1S/C111H101BN2/c1-106(2,3)85-58-80(59-86(68-85)107(4,5)6)76-54-56-99-98(64-76)112-97-55-53-77(81-60-87(108(7,8)9)69-88(61-81)109(10,11)12)65-100(97)114(105-93(74-41-26-18-27-42-74)70-89(110(13,14)15)71-94(105)75-43-28-19-29-44-75)102-67-82(66-101(104(102)112)113(99)90-62-78(72-37-22-16-23-38-72)57-79(63-90)73-39-24-17-25-40-73)91-50-36-52-96-103(91)92-49-34-35-51-95(92)111(96,83-45-30-20-31-46-83)84-47-32-21-33-48-84/h16-71H,1-15H3. The van der Waals surface area contributed by atoms with Crippen LogP contribution in [-0.4, -0.2) is 6.71 Å². The van der Waals surface area contributed by atoms with Crippen LogP contribution in [0.25, 0.3) is 89.0 Å². The molecule has 15 aromatic carbocycles. The van der Waals surface area contributed by atoms with Gasteiger partial charge in [0.05, 0.1) is 11.1 Å². The Labute approximate surface area is 677 Å². The van der Waals surface area contributed by atoms with Crippen LogP contribution in [0.1, 0.15) is 154 Å². The minimum Gasteiger partial charge on any atom is -0.311 e. The zero-order chi connectivity index (χ0) is 79.0. The highest BCUT2D eigenvalue weighted by atomic mass is 15.2. The van der Waals surface area contributed by atoms with E-state index < -0.39 is 5.41 Å². The van der Waals surface area contributed by atoms with E-state index in [0.29, 0.717) is 0 Å². The van der Waals surface area contributed by atoms with Gasteiger partial charge in [-0.3, -0.25) is 0 Å². The van der Waals surface area contributed by atoms with E-state index in [4.69, 9.17) is 0 Å². The van der Waals surface area contributed by atoms with Gasteiger partial charge in [0.1, 0.15) is 0 Å².